The van der Waals surface area contributed by atoms with Crippen LogP contribution in [0.1, 0.15) is 16.1 Å². The Morgan fingerprint density at radius 1 is 1.16 bits per heavy atom. The molecule has 1 amide bonds. The van der Waals surface area contributed by atoms with Gasteiger partial charge in [-0.1, -0.05) is 0 Å². The molecule has 1 heterocycles. The molecular weight excluding hydrogens is 330 g/mol. The van der Waals surface area contributed by atoms with Gasteiger partial charge in [0.25, 0.3) is 5.91 Å². The largest absolute Gasteiger partial charge is 0.496 e. The van der Waals surface area contributed by atoms with Crippen LogP contribution in [-0.4, -0.2) is 50.6 Å². The molecule has 136 valence electrons. The lowest BCUT2D eigenvalue weighted by Crippen LogP contribution is -2.84. The van der Waals surface area contributed by atoms with E-state index >= 15 is 0 Å². The molecule has 0 aliphatic heterocycles. The summed E-state index contributed by atoms with van der Waals surface area (Å²) < 4.78 is 20.3. The van der Waals surface area contributed by atoms with Gasteiger partial charge in [0.15, 0.2) is 11.5 Å². The molecule has 1 aromatic heterocycles. The van der Waals surface area contributed by atoms with Crippen molar-refractivity contribution in [2.75, 3.05) is 40.2 Å². The number of anilines is 1. The maximum atomic E-state index is 11.8. The summed E-state index contributed by atoms with van der Waals surface area (Å²) in [4.78, 5) is 11.8. The third kappa shape index (κ3) is 4.51. The Kier molecular flexibility index (Phi) is 6.40. The first-order valence-electron chi connectivity index (χ1n) is 7.57. The third-order valence-corrected chi connectivity index (χ3v) is 3.51. The zero-order valence-corrected chi connectivity index (χ0v) is 14.4. The Morgan fingerprint density at radius 3 is 2.44 bits per heavy atom. The minimum atomic E-state index is -0.421. The van der Waals surface area contributed by atoms with E-state index in [1.807, 2.05) is 11.4 Å². The first-order valence-corrected chi connectivity index (χ1v) is 7.57. The van der Waals surface area contributed by atoms with Crippen LogP contribution in [-0.2, 0) is 6.54 Å². The number of benzene rings is 1. The van der Waals surface area contributed by atoms with Crippen LogP contribution in [0.15, 0.2) is 16.8 Å². The molecule has 0 unspecified atom stereocenters. The maximum Gasteiger partial charge on any atom is 0.277 e. The summed E-state index contributed by atoms with van der Waals surface area (Å²) in [7, 11) is 4.75. The number of aromatic nitrogens is 2. The van der Waals surface area contributed by atoms with Gasteiger partial charge in [0.1, 0.15) is 12.3 Å². The van der Waals surface area contributed by atoms with Gasteiger partial charge in [-0.25, -0.2) is 4.63 Å². The minimum Gasteiger partial charge on any atom is -0.496 e. The van der Waals surface area contributed by atoms with Crippen molar-refractivity contribution in [3.05, 3.63) is 23.4 Å². The van der Waals surface area contributed by atoms with Crippen LogP contribution >= 0.6 is 0 Å². The number of carbonyl (C=O) groups is 1. The molecule has 2 rings (SSSR count). The highest BCUT2D eigenvalue weighted by molar-refractivity contribution is 5.95. The summed E-state index contributed by atoms with van der Waals surface area (Å²) in [6.45, 7) is 1.72. The summed E-state index contributed by atoms with van der Waals surface area (Å²) in [5.74, 6) is 1.50. The molecule has 0 bridgehead atoms. The number of hydrogen-bond acceptors (Lipinski definition) is 8. The van der Waals surface area contributed by atoms with Gasteiger partial charge in [-0.3, -0.25) is 4.79 Å². The molecule has 10 nitrogen and oxygen atoms in total. The Balaban J connectivity index is 1.85. The van der Waals surface area contributed by atoms with E-state index in [-0.39, 0.29) is 11.5 Å². The summed E-state index contributed by atoms with van der Waals surface area (Å²) in [5.41, 5.74) is 6.40. The van der Waals surface area contributed by atoms with Crippen LogP contribution in [0.25, 0.3) is 0 Å². The lowest BCUT2D eigenvalue weighted by Gasteiger charge is -2.13. The fourth-order valence-electron chi connectivity index (χ4n) is 2.23. The van der Waals surface area contributed by atoms with Crippen LogP contribution in [0.5, 0.6) is 17.2 Å². The zero-order chi connectivity index (χ0) is 18.2. The second-order valence-corrected chi connectivity index (χ2v) is 5.05. The van der Waals surface area contributed by atoms with E-state index in [9.17, 15) is 4.79 Å². The van der Waals surface area contributed by atoms with Crippen LogP contribution in [0, 0.1) is 0 Å². The number of rotatable bonds is 9. The van der Waals surface area contributed by atoms with Crippen molar-refractivity contribution in [3.63, 3.8) is 0 Å². The van der Waals surface area contributed by atoms with Crippen molar-refractivity contribution >= 4 is 11.7 Å². The highest BCUT2D eigenvalue weighted by atomic mass is 16.6. The van der Waals surface area contributed by atoms with Gasteiger partial charge >= 0.3 is 0 Å². The first-order chi connectivity index (χ1) is 12.1. The van der Waals surface area contributed by atoms with E-state index in [2.05, 4.69) is 20.3 Å². The molecule has 0 atom stereocenters. The highest BCUT2D eigenvalue weighted by Gasteiger charge is 2.16. The lowest BCUT2D eigenvalue weighted by molar-refractivity contribution is -0.668. The fraction of sp³-hybridized carbons (Fsp3) is 0.400. The Bertz CT molecular complexity index is 718. The zero-order valence-electron chi connectivity index (χ0n) is 14.4. The van der Waals surface area contributed by atoms with Crippen LogP contribution in [0.4, 0.5) is 5.82 Å². The standard InChI is InChI=1S/C15H21N5O5/c1-22-10-7-12(24-3)11(23-2)6-9(10)8-17-4-5-18-15(21)13-14(16)20-25-19-13/h6-7,17H,4-5,8H2,1-3H3,(H2,16,20)(H,18,21)/p+1. The van der Waals surface area contributed by atoms with Crippen molar-refractivity contribution in [1.82, 2.24) is 15.6 Å². The van der Waals surface area contributed by atoms with E-state index in [0.717, 1.165) is 5.56 Å². The molecular formula is C15H22N5O5+. The van der Waals surface area contributed by atoms with Gasteiger partial charge in [-0.15, -0.1) is 0 Å². The topological polar surface area (TPSA) is 138 Å². The number of methoxy groups -OCH3 is 3. The summed E-state index contributed by atoms with van der Waals surface area (Å²) >= 11 is 0. The van der Waals surface area contributed by atoms with Crippen molar-refractivity contribution in [2.24, 2.45) is 0 Å². The molecule has 25 heavy (non-hydrogen) atoms. The number of carbonyl (C=O) groups excluding carboxylic acids is 1. The number of nitrogen functional groups attached to an aromatic ring is 1. The molecule has 0 radical (unpaired) electrons. The van der Waals surface area contributed by atoms with Gasteiger partial charge in [-0.2, -0.15) is 0 Å². The third-order valence-electron chi connectivity index (χ3n) is 3.51. The normalized spacial score (nSPS) is 10.4. The van der Waals surface area contributed by atoms with Gasteiger partial charge in [0.2, 0.25) is 11.5 Å². The lowest BCUT2D eigenvalue weighted by atomic mass is 10.1. The van der Waals surface area contributed by atoms with Gasteiger partial charge in [0.05, 0.1) is 40.0 Å². The molecule has 0 spiro atoms. The average molecular weight is 352 g/mol. The number of amides is 1. The number of quaternary nitrogens is 1. The van der Waals surface area contributed by atoms with Crippen LogP contribution in [0.2, 0.25) is 0 Å². The predicted molar refractivity (Wildman–Crippen MR) is 87.6 cm³/mol. The molecule has 2 aromatic rings. The summed E-state index contributed by atoms with van der Waals surface area (Å²) in [6, 6.07) is 3.65. The number of ether oxygens (including phenoxy) is 3. The van der Waals surface area contributed by atoms with Gasteiger partial charge in [-0.05, 0) is 16.4 Å². The van der Waals surface area contributed by atoms with Crippen molar-refractivity contribution in [2.45, 2.75) is 6.54 Å². The average Bonchev–Trinajstić information content (AvgIpc) is 3.06. The molecule has 5 N–H and O–H groups in total. The Hall–Kier alpha value is -3.01. The fourth-order valence-corrected chi connectivity index (χ4v) is 2.23. The molecule has 10 heteroatoms. The highest BCUT2D eigenvalue weighted by Crippen LogP contribution is 2.34. The molecule has 0 saturated carbocycles. The quantitative estimate of drug-likeness (QED) is 0.497. The number of hydrogen-bond donors (Lipinski definition) is 3. The molecule has 0 fully saturated rings. The maximum absolute atomic E-state index is 11.8. The van der Waals surface area contributed by atoms with Crippen LogP contribution in [0.3, 0.4) is 0 Å². The second kappa shape index (κ2) is 8.73. The smallest absolute Gasteiger partial charge is 0.277 e. The first kappa shape index (κ1) is 18.3. The number of nitrogens with zero attached hydrogens (tertiary/aromatic N) is 2. The van der Waals surface area contributed by atoms with Gasteiger partial charge in [0, 0.05) is 6.07 Å². The molecule has 0 saturated heterocycles. The van der Waals surface area contributed by atoms with E-state index in [4.69, 9.17) is 19.9 Å². The molecule has 0 aliphatic rings. The minimum absolute atomic E-state index is 0.0124. The Labute approximate surface area is 144 Å². The predicted octanol–water partition coefficient (Wildman–Crippen LogP) is -0.829. The van der Waals surface area contributed by atoms with Gasteiger partial charge < -0.3 is 30.6 Å². The molecule has 1 aromatic carbocycles. The summed E-state index contributed by atoms with van der Waals surface area (Å²) in [6.07, 6.45) is 0. The van der Waals surface area contributed by atoms with Crippen molar-refractivity contribution in [1.29, 1.82) is 0 Å². The second-order valence-electron chi connectivity index (χ2n) is 5.05. The van der Waals surface area contributed by atoms with E-state index in [1.54, 1.807) is 27.4 Å². The number of nitrogens with two attached hydrogens (primary N) is 2. The monoisotopic (exact) mass is 352 g/mol. The number of nitrogens with one attached hydrogen (secondary N) is 1. The van der Waals surface area contributed by atoms with E-state index in [1.165, 1.54) is 0 Å². The van der Waals surface area contributed by atoms with E-state index in [0.29, 0.717) is 36.9 Å². The van der Waals surface area contributed by atoms with Crippen LogP contribution < -0.4 is 30.6 Å². The molecule has 0 aliphatic carbocycles. The van der Waals surface area contributed by atoms with Crippen molar-refractivity contribution in [3.8, 4) is 17.2 Å². The van der Waals surface area contributed by atoms with Crippen molar-refractivity contribution < 1.29 is 29.0 Å². The SMILES string of the molecule is COc1cc(OC)c(OC)cc1C[NH2+]CCNC(=O)c1nonc1N. The summed E-state index contributed by atoms with van der Waals surface area (Å²) in [5, 5.41) is 11.5. The Morgan fingerprint density at radius 2 is 1.84 bits per heavy atom. The van der Waals surface area contributed by atoms with E-state index < -0.39 is 5.91 Å².